The molecule has 0 aliphatic rings. The molecule has 0 spiro atoms. The molecule has 0 saturated heterocycles. The van der Waals surface area contributed by atoms with Crippen molar-refractivity contribution in [1.82, 2.24) is 0 Å². The van der Waals surface area contributed by atoms with Gasteiger partial charge in [0.25, 0.3) is 0 Å². The van der Waals surface area contributed by atoms with Gasteiger partial charge in [0.05, 0.1) is 19.0 Å². The Bertz CT molecular complexity index is 615. The van der Waals surface area contributed by atoms with E-state index in [-0.39, 0.29) is 5.75 Å². The summed E-state index contributed by atoms with van der Waals surface area (Å²) in [7, 11) is 3.38. The largest absolute Gasteiger partial charge is 0.504 e. The Morgan fingerprint density at radius 3 is 2.60 bits per heavy atom. The van der Waals surface area contributed by atoms with Gasteiger partial charge in [0, 0.05) is 17.1 Å². The molecule has 0 aliphatic heterocycles. The normalized spacial score (nSPS) is 10.8. The molecule has 0 bridgehead atoms. The molecule has 20 heavy (non-hydrogen) atoms. The van der Waals surface area contributed by atoms with E-state index in [0.29, 0.717) is 5.75 Å². The third-order valence-corrected chi connectivity index (χ3v) is 3.48. The fraction of sp³-hybridized carbons (Fsp3) is 0.133. The number of hydrogen-bond acceptors (Lipinski definition) is 4. The number of nitrogens with zero attached hydrogens (tertiary/aromatic N) is 2. The molecule has 104 valence electrons. The van der Waals surface area contributed by atoms with Crippen LogP contribution in [0, 0.1) is 0 Å². The van der Waals surface area contributed by atoms with E-state index in [2.05, 4.69) is 21.0 Å². The van der Waals surface area contributed by atoms with Crippen molar-refractivity contribution in [3.05, 3.63) is 52.5 Å². The quantitative estimate of drug-likeness (QED) is 0.685. The van der Waals surface area contributed by atoms with Gasteiger partial charge in [0.1, 0.15) is 0 Å². The molecule has 0 heterocycles. The summed E-state index contributed by atoms with van der Waals surface area (Å²) in [6, 6.07) is 13.1. The minimum Gasteiger partial charge on any atom is -0.504 e. The number of anilines is 1. The molecule has 2 rings (SSSR count). The zero-order chi connectivity index (χ0) is 14.5. The van der Waals surface area contributed by atoms with E-state index >= 15 is 0 Å². The highest BCUT2D eigenvalue weighted by Gasteiger charge is 2.06. The molecule has 2 aromatic carbocycles. The molecule has 0 fully saturated rings. The van der Waals surface area contributed by atoms with E-state index in [4.69, 9.17) is 4.74 Å². The topological polar surface area (TPSA) is 45.1 Å². The lowest BCUT2D eigenvalue weighted by molar-refractivity contribution is 0.373. The molecule has 0 atom stereocenters. The smallest absolute Gasteiger partial charge is 0.161 e. The summed E-state index contributed by atoms with van der Waals surface area (Å²) in [5, 5.41) is 15.9. The molecular weight excluding hydrogens is 320 g/mol. The summed E-state index contributed by atoms with van der Waals surface area (Å²) in [5.74, 6) is 0.505. The summed E-state index contributed by atoms with van der Waals surface area (Å²) < 4.78 is 5.84. The Labute approximate surface area is 126 Å². The SMILES string of the molecule is COc1cc(Br)c(/C=N\N(C)c2ccccc2)cc1O. The van der Waals surface area contributed by atoms with E-state index in [1.165, 1.54) is 7.11 Å². The van der Waals surface area contributed by atoms with Crippen molar-refractivity contribution < 1.29 is 9.84 Å². The number of hydrazone groups is 1. The van der Waals surface area contributed by atoms with Gasteiger partial charge >= 0.3 is 0 Å². The van der Waals surface area contributed by atoms with Crippen LogP contribution in [0.3, 0.4) is 0 Å². The lowest BCUT2D eigenvalue weighted by atomic mass is 10.2. The fourth-order valence-corrected chi connectivity index (χ4v) is 2.11. The number of methoxy groups -OCH3 is 1. The summed E-state index contributed by atoms with van der Waals surface area (Å²) in [6.07, 6.45) is 1.68. The van der Waals surface area contributed by atoms with Crippen LogP contribution in [0.2, 0.25) is 0 Å². The predicted octanol–water partition coefficient (Wildman–Crippen LogP) is 3.63. The molecule has 0 aromatic heterocycles. The molecule has 0 unspecified atom stereocenters. The van der Waals surface area contributed by atoms with E-state index in [0.717, 1.165) is 15.7 Å². The van der Waals surface area contributed by atoms with Crippen LogP contribution >= 0.6 is 15.9 Å². The van der Waals surface area contributed by atoms with Gasteiger partial charge in [-0.1, -0.05) is 18.2 Å². The highest BCUT2D eigenvalue weighted by Crippen LogP contribution is 2.31. The number of ether oxygens (including phenoxy) is 1. The average molecular weight is 335 g/mol. The van der Waals surface area contributed by atoms with Crippen LogP contribution < -0.4 is 9.75 Å². The number of para-hydroxylation sites is 1. The molecular formula is C15H15BrN2O2. The zero-order valence-corrected chi connectivity index (χ0v) is 12.8. The summed E-state index contributed by atoms with van der Waals surface area (Å²) in [5.41, 5.74) is 1.75. The van der Waals surface area contributed by atoms with E-state index in [1.807, 2.05) is 37.4 Å². The first kappa shape index (κ1) is 14.4. The molecule has 1 N–H and O–H groups in total. The first-order valence-electron chi connectivity index (χ1n) is 6.01. The molecule has 0 radical (unpaired) electrons. The van der Waals surface area contributed by atoms with Crippen molar-refractivity contribution in [2.45, 2.75) is 0 Å². The molecule has 5 heteroatoms. The maximum Gasteiger partial charge on any atom is 0.161 e. The van der Waals surface area contributed by atoms with Crippen molar-refractivity contribution in [3.8, 4) is 11.5 Å². The first-order valence-corrected chi connectivity index (χ1v) is 6.80. The second-order valence-electron chi connectivity index (χ2n) is 4.15. The van der Waals surface area contributed by atoms with Crippen LogP contribution in [0.1, 0.15) is 5.56 Å². The van der Waals surface area contributed by atoms with Gasteiger partial charge in [-0.25, -0.2) is 0 Å². The Morgan fingerprint density at radius 2 is 1.95 bits per heavy atom. The highest BCUT2D eigenvalue weighted by molar-refractivity contribution is 9.10. The minimum atomic E-state index is 0.0829. The number of halogens is 1. The second kappa shape index (κ2) is 6.43. The van der Waals surface area contributed by atoms with E-state index in [1.54, 1.807) is 23.4 Å². The third kappa shape index (κ3) is 3.30. The minimum absolute atomic E-state index is 0.0829. The number of phenols is 1. The average Bonchev–Trinajstić information content (AvgIpc) is 2.48. The van der Waals surface area contributed by atoms with E-state index < -0.39 is 0 Å². The number of rotatable bonds is 4. The molecule has 0 amide bonds. The van der Waals surface area contributed by atoms with Crippen molar-refractivity contribution >= 4 is 27.8 Å². The van der Waals surface area contributed by atoms with Gasteiger partial charge in [-0.15, -0.1) is 0 Å². The predicted molar refractivity (Wildman–Crippen MR) is 84.8 cm³/mol. The van der Waals surface area contributed by atoms with Crippen LogP contribution in [-0.4, -0.2) is 25.5 Å². The van der Waals surface area contributed by atoms with Gasteiger partial charge in [-0.3, -0.25) is 5.01 Å². The van der Waals surface area contributed by atoms with Gasteiger partial charge in [0.15, 0.2) is 11.5 Å². The van der Waals surface area contributed by atoms with E-state index in [9.17, 15) is 5.11 Å². The number of phenolic OH excluding ortho intramolecular Hbond substituents is 1. The number of benzene rings is 2. The first-order chi connectivity index (χ1) is 9.61. The van der Waals surface area contributed by atoms with Crippen LogP contribution in [0.25, 0.3) is 0 Å². The Balaban J connectivity index is 2.22. The maximum absolute atomic E-state index is 9.78. The lowest BCUT2D eigenvalue weighted by Crippen LogP contribution is -2.08. The van der Waals surface area contributed by atoms with Crippen molar-refractivity contribution in [1.29, 1.82) is 0 Å². The Morgan fingerprint density at radius 1 is 1.25 bits per heavy atom. The van der Waals surface area contributed by atoms with Crippen molar-refractivity contribution in [2.75, 3.05) is 19.2 Å². The van der Waals surface area contributed by atoms with Gasteiger partial charge < -0.3 is 9.84 Å². The lowest BCUT2D eigenvalue weighted by Gasteiger charge is -2.12. The van der Waals surface area contributed by atoms with Gasteiger partial charge in [-0.2, -0.15) is 5.10 Å². The standard InChI is InChI=1S/C15H15BrN2O2/c1-18(12-6-4-3-5-7-12)17-10-11-8-14(19)15(20-2)9-13(11)16/h3-10,19H,1-2H3/b17-10-. The van der Waals surface area contributed by atoms with Crippen LogP contribution in [0.4, 0.5) is 5.69 Å². The maximum atomic E-state index is 9.78. The molecule has 0 aliphatic carbocycles. The van der Waals surface area contributed by atoms with Gasteiger partial charge in [-0.05, 0) is 40.2 Å². The second-order valence-corrected chi connectivity index (χ2v) is 5.00. The highest BCUT2D eigenvalue weighted by atomic mass is 79.9. The Hall–Kier alpha value is -2.01. The zero-order valence-electron chi connectivity index (χ0n) is 11.2. The fourth-order valence-electron chi connectivity index (χ4n) is 1.68. The Kier molecular flexibility index (Phi) is 4.63. The van der Waals surface area contributed by atoms with Crippen LogP contribution in [-0.2, 0) is 0 Å². The number of hydrogen-bond donors (Lipinski definition) is 1. The van der Waals surface area contributed by atoms with Crippen LogP contribution in [0.5, 0.6) is 11.5 Å². The van der Waals surface area contributed by atoms with Crippen LogP contribution in [0.15, 0.2) is 52.0 Å². The summed E-state index contributed by atoms with van der Waals surface area (Å²) >= 11 is 3.43. The third-order valence-electron chi connectivity index (χ3n) is 2.80. The summed E-state index contributed by atoms with van der Waals surface area (Å²) in [6.45, 7) is 0. The summed E-state index contributed by atoms with van der Waals surface area (Å²) in [4.78, 5) is 0. The monoisotopic (exact) mass is 334 g/mol. The molecule has 4 nitrogen and oxygen atoms in total. The molecule has 0 saturated carbocycles. The number of aromatic hydroxyl groups is 1. The van der Waals surface area contributed by atoms with Crippen molar-refractivity contribution in [2.24, 2.45) is 5.10 Å². The van der Waals surface area contributed by atoms with Crippen molar-refractivity contribution in [3.63, 3.8) is 0 Å². The van der Waals surface area contributed by atoms with Gasteiger partial charge in [0.2, 0.25) is 0 Å². The molecule has 2 aromatic rings.